The predicted molar refractivity (Wildman–Crippen MR) is 118 cm³/mol. The molecule has 8 nitrogen and oxygen atoms in total. The quantitative estimate of drug-likeness (QED) is 0.569. The fraction of sp³-hybridized carbons (Fsp3) is 0.350. The van der Waals surface area contributed by atoms with Crippen molar-refractivity contribution in [1.82, 2.24) is 4.31 Å². The van der Waals surface area contributed by atoms with Gasteiger partial charge in [0.2, 0.25) is 15.9 Å². The minimum absolute atomic E-state index is 0.0752. The van der Waals surface area contributed by atoms with Crippen molar-refractivity contribution < 1.29 is 22.7 Å². The summed E-state index contributed by atoms with van der Waals surface area (Å²) in [6.45, 7) is 4.21. The maximum absolute atomic E-state index is 12.7. The van der Waals surface area contributed by atoms with Crippen LogP contribution in [0.4, 0.5) is 11.4 Å². The average molecular weight is 456 g/mol. The molecular formula is C20H26ClN3O5S. The third-order valence-corrected chi connectivity index (χ3v) is 6.72. The topological polar surface area (TPSA) is 97.0 Å². The van der Waals surface area contributed by atoms with Crippen LogP contribution in [0, 0.1) is 0 Å². The van der Waals surface area contributed by atoms with Crippen molar-refractivity contribution >= 4 is 38.9 Å². The Kier molecular flexibility index (Phi) is 8.33. The second-order valence-corrected chi connectivity index (χ2v) is 8.55. The summed E-state index contributed by atoms with van der Waals surface area (Å²) in [6.07, 6.45) is 0. The number of nitrogens with one attached hydrogen (secondary N) is 2. The van der Waals surface area contributed by atoms with E-state index >= 15 is 0 Å². The van der Waals surface area contributed by atoms with Gasteiger partial charge in [0.1, 0.15) is 11.5 Å². The van der Waals surface area contributed by atoms with E-state index in [9.17, 15) is 13.2 Å². The van der Waals surface area contributed by atoms with Crippen LogP contribution in [0.15, 0.2) is 41.3 Å². The maximum atomic E-state index is 12.7. The van der Waals surface area contributed by atoms with Crippen molar-refractivity contribution in [3.05, 3.63) is 41.4 Å². The number of carbonyl (C=O) groups excluding carboxylic acids is 1. The summed E-state index contributed by atoms with van der Waals surface area (Å²) in [5, 5.41) is 6.04. The molecule has 0 fully saturated rings. The van der Waals surface area contributed by atoms with E-state index in [0.29, 0.717) is 41.0 Å². The number of rotatable bonds is 10. The lowest BCUT2D eigenvalue weighted by atomic mass is 10.2. The molecule has 0 aliphatic rings. The zero-order valence-corrected chi connectivity index (χ0v) is 18.9. The van der Waals surface area contributed by atoms with E-state index in [1.165, 1.54) is 30.7 Å². The van der Waals surface area contributed by atoms with Crippen LogP contribution in [0.3, 0.4) is 0 Å². The summed E-state index contributed by atoms with van der Waals surface area (Å²) < 4.78 is 37.1. The van der Waals surface area contributed by atoms with Crippen LogP contribution in [-0.4, -0.2) is 52.5 Å². The lowest BCUT2D eigenvalue weighted by Gasteiger charge is -2.19. The van der Waals surface area contributed by atoms with E-state index in [4.69, 9.17) is 21.1 Å². The molecule has 2 N–H and O–H groups in total. The number of methoxy groups -OCH3 is 2. The van der Waals surface area contributed by atoms with Gasteiger partial charge in [-0.05, 0) is 18.2 Å². The minimum atomic E-state index is -3.61. The number of nitrogens with zero attached hydrogens (tertiary/aromatic N) is 1. The molecule has 2 aromatic rings. The summed E-state index contributed by atoms with van der Waals surface area (Å²) in [6, 6.07) is 9.38. The van der Waals surface area contributed by atoms with Gasteiger partial charge >= 0.3 is 0 Å². The summed E-state index contributed by atoms with van der Waals surface area (Å²) in [5.41, 5.74) is 0.919. The van der Waals surface area contributed by atoms with Crippen molar-refractivity contribution in [1.29, 1.82) is 0 Å². The smallest absolute Gasteiger partial charge is 0.243 e. The lowest BCUT2D eigenvalue weighted by molar-refractivity contribution is -0.114. The Bertz CT molecular complexity index is 994. The Morgan fingerprint density at radius 1 is 1.07 bits per heavy atom. The van der Waals surface area contributed by atoms with Gasteiger partial charge in [-0.25, -0.2) is 8.42 Å². The maximum Gasteiger partial charge on any atom is 0.243 e. The van der Waals surface area contributed by atoms with E-state index in [1.54, 1.807) is 38.1 Å². The number of benzene rings is 2. The summed E-state index contributed by atoms with van der Waals surface area (Å²) in [7, 11) is -0.631. The van der Waals surface area contributed by atoms with Crippen LogP contribution in [0.2, 0.25) is 5.02 Å². The lowest BCUT2D eigenvalue weighted by Crippen LogP contribution is -2.30. The van der Waals surface area contributed by atoms with E-state index in [-0.39, 0.29) is 17.3 Å². The SMILES string of the molecule is CCN(CC)S(=O)(=O)c1cccc(NC(=O)CNc2cc(OC)c(Cl)cc2OC)c1. The van der Waals surface area contributed by atoms with Crippen LogP contribution in [-0.2, 0) is 14.8 Å². The summed E-state index contributed by atoms with van der Waals surface area (Å²) in [5.74, 6) is 0.541. The molecule has 0 aromatic heterocycles. The van der Waals surface area contributed by atoms with Crippen LogP contribution >= 0.6 is 11.6 Å². The zero-order valence-electron chi connectivity index (χ0n) is 17.4. The van der Waals surface area contributed by atoms with E-state index < -0.39 is 10.0 Å². The molecule has 2 rings (SSSR count). The van der Waals surface area contributed by atoms with Crippen molar-refractivity contribution in [3.8, 4) is 11.5 Å². The molecule has 0 atom stereocenters. The Labute approximate surface area is 182 Å². The van der Waals surface area contributed by atoms with Gasteiger partial charge in [-0.2, -0.15) is 4.31 Å². The Hall–Kier alpha value is -2.49. The highest BCUT2D eigenvalue weighted by Crippen LogP contribution is 2.35. The molecule has 1 amide bonds. The molecule has 0 unspecified atom stereocenters. The van der Waals surface area contributed by atoms with Gasteiger partial charge in [0, 0.05) is 30.9 Å². The second-order valence-electron chi connectivity index (χ2n) is 6.21. The molecular weight excluding hydrogens is 430 g/mol. The highest BCUT2D eigenvalue weighted by atomic mass is 35.5. The Morgan fingerprint density at radius 3 is 2.33 bits per heavy atom. The number of halogens is 1. The standard InChI is InChI=1S/C20H26ClN3O5S/c1-5-24(6-2)30(26,27)15-9-7-8-14(10-15)23-20(25)13-22-17-12-18(28-3)16(21)11-19(17)29-4/h7-12,22H,5-6,13H2,1-4H3,(H,23,25). The van der Waals surface area contributed by atoms with Gasteiger partial charge < -0.3 is 20.1 Å². The summed E-state index contributed by atoms with van der Waals surface area (Å²) >= 11 is 6.08. The van der Waals surface area contributed by atoms with Crippen LogP contribution < -0.4 is 20.1 Å². The van der Waals surface area contributed by atoms with Gasteiger partial charge in [0.15, 0.2) is 0 Å². The number of anilines is 2. The number of hydrogen-bond donors (Lipinski definition) is 2. The van der Waals surface area contributed by atoms with Gasteiger partial charge in [-0.3, -0.25) is 4.79 Å². The molecule has 2 aromatic carbocycles. The third kappa shape index (κ3) is 5.56. The first kappa shape index (κ1) is 23.8. The molecule has 0 radical (unpaired) electrons. The van der Waals surface area contributed by atoms with Crippen molar-refractivity contribution in [2.45, 2.75) is 18.7 Å². The molecule has 30 heavy (non-hydrogen) atoms. The highest BCUT2D eigenvalue weighted by Gasteiger charge is 2.22. The van der Waals surface area contributed by atoms with Crippen molar-refractivity contribution in [3.63, 3.8) is 0 Å². The molecule has 10 heteroatoms. The predicted octanol–water partition coefficient (Wildman–Crippen LogP) is 3.44. The summed E-state index contributed by atoms with van der Waals surface area (Å²) in [4.78, 5) is 12.5. The number of ether oxygens (including phenoxy) is 2. The monoisotopic (exact) mass is 455 g/mol. The third-order valence-electron chi connectivity index (χ3n) is 4.37. The average Bonchev–Trinajstić information content (AvgIpc) is 2.73. The zero-order chi connectivity index (χ0) is 22.3. The highest BCUT2D eigenvalue weighted by molar-refractivity contribution is 7.89. The minimum Gasteiger partial charge on any atom is -0.495 e. The van der Waals surface area contributed by atoms with E-state index in [0.717, 1.165) is 0 Å². The molecule has 0 aliphatic heterocycles. The van der Waals surface area contributed by atoms with E-state index in [2.05, 4.69) is 10.6 Å². The van der Waals surface area contributed by atoms with Crippen LogP contribution in [0.5, 0.6) is 11.5 Å². The van der Waals surface area contributed by atoms with Crippen LogP contribution in [0.1, 0.15) is 13.8 Å². The Balaban J connectivity index is 2.11. The number of sulfonamides is 1. The molecule has 0 bridgehead atoms. The second kappa shape index (κ2) is 10.5. The van der Waals surface area contributed by atoms with Crippen LogP contribution in [0.25, 0.3) is 0 Å². The van der Waals surface area contributed by atoms with Crippen molar-refractivity contribution in [2.75, 3.05) is 44.5 Å². The van der Waals surface area contributed by atoms with Gasteiger partial charge in [0.05, 0.1) is 36.4 Å². The van der Waals surface area contributed by atoms with Crippen molar-refractivity contribution in [2.24, 2.45) is 0 Å². The molecule has 0 spiro atoms. The molecule has 0 heterocycles. The Morgan fingerprint density at radius 2 is 1.73 bits per heavy atom. The molecule has 164 valence electrons. The first-order valence-corrected chi connectivity index (χ1v) is 11.1. The van der Waals surface area contributed by atoms with Gasteiger partial charge in [0.25, 0.3) is 0 Å². The molecule has 0 aliphatic carbocycles. The number of hydrogen-bond acceptors (Lipinski definition) is 6. The molecule has 0 saturated heterocycles. The first-order valence-electron chi connectivity index (χ1n) is 9.32. The fourth-order valence-corrected chi connectivity index (χ4v) is 4.56. The first-order chi connectivity index (χ1) is 14.3. The van der Waals surface area contributed by atoms with Gasteiger partial charge in [-0.15, -0.1) is 0 Å². The van der Waals surface area contributed by atoms with Gasteiger partial charge in [-0.1, -0.05) is 31.5 Å². The largest absolute Gasteiger partial charge is 0.495 e. The van der Waals surface area contributed by atoms with E-state index in [1.807, 2.05) is 0 Å². The normalized spacial score (nSPS) is 11.3. The number of amides is 1. The molecule has 0 saturated carbocycles. The fourth-order valence-electron chi connectivity index (χ4n) is 2.83. The number of carbonyl (C=O) groups is 1.